The molecule has 26 heavy (non-hydrogen) atoms. The van der Waals surface area contributed by atoms with Gasteiger partial charge in [-0.05, 0) is 12.1 Å². The topological polar surface area (TPSA) is 85.7 Å². The van der Waals surface area contributed by atoms with Crippen molar-refractivity contribution in [1.29, 1.82) is 0 Å². The number of methoxy groups -OCH3 is 1. The van der Waals surface area contributed by atoms with Gasteiger partial charge in [0.15, 0.2) is 17.4 Å². The smallest absolute Gasteiger partial charge is 0.248 e. The largest absolute Gasteiger partial charge is 0.493 e. The Kier molecular flexibility index (Phi) is 4.66. The molecule has 0 radical (unpaired) electrons. The fraction of sp³-hybridized carbons (Fsp3) is 0.222. The number of ether oxygens (including phenoxy) is 1. The van der Waals surface area contributed by atoms with Gasteiger partial charge in [0.25, 0.3) is 0 Å². The van der Waals surface area contributed by atoms with E-state index < -0.39 is 5.82 Å². The number of rotatable bonds is 2. The highest BCUT2D eigenvalue weighted by molar-refractivity contribution is 5.88. The second-order valence-electron chi connectivity index (χ2n) is 5.33. The molecule has 3 aromatic heterocycles. The van der Waals surface area contributed by atoms with E-state index in [1.165, 1.54) is 24.1 Å². The highest BCUT2D eigenvalue weighted by atomic mass is 19.1. The summed E-state index contributed by atoms with van der Waals surface area (Å²) in [4.78, 5) is 22.6. The number of fused-ring (bicyclic) bond motifs is 2. The fourth-order valence-electron chi connectivity index (χ4n) is 2.67. The summed E-state index contributed by atoms with van der Waals surface area (Å²) in [6, 6.07) is 4.70. The van der Waals surface area contributed by atoms with E-state index >= 15 is 0 Å². The van der Waals surface area contributed by atoms with E-state index in [-0.39, 0.29) is 16.8 Å². The zero-order valence-corrected chi connectivity index (χ0v) is 14.9. The number of pyridine rings is 1. The molecule has 7 nitrogen and oxygen atoms in total. The number of nitrogens with one attached hydrogen (secondary N) is 1. The average molecular weight is 355 g/mol. The maximum absolute atomic E-state index is 14.7. The lowest BCUT2D eigenvalue weighted by atomic mass is 10.1. The third kappa shape index (κ3) is 2.90. The van der Waals surface area contributed by atoms with Crippen molar-refractivity contribution >= 4 is 21.9 Å². The molecule has 4 aromatic rings. The minimum atomic E-state index is -0.559. The lowest BCUT2D eigenvalue weighted by Gasteiger charge is -2.09. The van der Waals surface area contributed by atoms with Crippen molar-refractivity contribution in [3.8, 4) is 17.1 Å². The van der Waals surface area contributed by atoms with Crippen molar-refractivity contribution < 1.29 is 9.13 Å². The van der Waals surface area contributed by atoms with Crippen LogP contribution in [0.25, 0.3) is 33.3 Å². The Hall–Kier alpha value is -3.29. The first-order chi connectivity index (χ1) is 12.6. The monoisotopic (exact) mass is 355 g/mol. The molecule has 0 atom stereocenters. The second kappa shape index (κ2) is 6.91. The molecule has 0 fully saturated rings. The van der Waals surface area contributed by atoms with E-state index in [0.717, 1.165) is 0 Å². The van der Waals surface area contributed by atoms with E-state index in [4.69, 9.17) is 4.74 Å². The molecule has 3 heterocycles. The summed E-state index contributed by atoms with van der Waals surface area (Å²) < 4.78 is 21.4. The lowest BCUT2D eigenvalue weighted by molar-refractivity contribution is 0.390. The Morgan fingerprint density at radius 1 is 1.27 bits per heavy atom. The summed E-state index contributed by atoms with van der Waals surface area (Å²) in [7, 11) is 3.10. The highest BCUT2D eigenvalue weighted by Gasteiger charge is 2.19. The van der Waals surface area contributed by atoms with E-state index in [1.807, 2.05) is 13.8 Å². The molecular weight excluding hydrogens is 337 g/mol. The Bertz CT molecular complexity index is 1150. The first-order valence-corrected chi connectivity index (χ1v) is 8.13. The van der Waals surface area contributed by atoms with E-state index in [9.17, 15) is 9.18 Å². The predicted octanol–water partition coefficient (Wildman–Crippen LogP) is 3.05. The number of aryl methyl sites for hydroxylation is 1. The van der Waals surface area contributed by atoms with Gasteiger partial charge in [-0.2, -0.15) is 5.10 Å². The third-order valence-electron chi connectivity index (χ3n) is 3.72. The van der Waals surface area contributed by atoms with Crippen molar-refractivity contribution in [3.05, 3.63) is 46.8 Å². The molecule has 0 saturated heterocycles. The number of hydrogen-bond donors (Lipinski definition) is 1. The molecule has 134 valence electrons. The van der Waals surface area contributed by atoms with Crippen LogP contribution in [0.4, 0.5) is 4.39 Å². The van der Waals surface area contributed by atoms with Gasteiger partial charge in [-0.15, -0.1) is 0 Å². The molecule has 0 amide bonds. The standard InChI is InChI=1S/C16H12FN5O2.C2H6/c1-22-7-8-5-9(15(24-2)13(17)14(8)21-22)16-18-6-11-10(20-16)3-4-12(23)19-11;1-2/h3-7H,1-2H3,(H,19,23);1-2H3. The molecule has 8 heteroatoms. The highest BCUT2D eigenvalue weighted by Crippen LogP contribution is 2.35. The van der Waals surface area contributed by atoms with Gasteiger partial charge in [-0.3, -0.25) is 9.48 Å². The minimum absolute atomic E-state index is 0.0324. The summed E-state index contributed by atoms with van der Waals surface area (Å²) in [5.41, 5.74) is 1.47. The van der Waals surface area contributed by atoms with E-state index in [1.54, 1.807) is 25.4 Å². The molecule has 0 saturated carbocycles. The van der Waals surface area contributed by atoms with Crippen LogP contribution in [-0.4, -0.2) is 31.8 Å². The summed E-state index contributed by atoms with van der Waals surface area (Å²) in [5.74, 6) is -0.225. The molecule has 0 aliphatic carbocycles. The van der Waals surface area contributed by atoms with E-state index in [2.05, 4.69) is 20.1 Å². The quantitative estimate of drug-likeness (QED) is 0.597. The SMILES string of the molecule is CC.COc1c(-c2ncc3[nH]c(=O)ccc3n2)cc2cn(C)nc2c1F. The Balaban J connectivity index is 0.000000948. The normalized spacial score (nSPS) is 10.7. The van der Waals surface area contributed by atoms with Crippen LogP contribution >= 0.6 is 0 Å². The predicted molar refractivity (Wildman–Crippen MR) is 97.7 cm³/mol. The van der Waals surface area contributed by atoms with Crippen LogP contribution in [0.3, 0.4) is 0 Å². The summed E-state index contributed by atoms with van der Waals surface area (Å²) in [6.45, 7) is 4.00. The van der Waals surface area contributed by atoms with Crippen LogP contribution in [0.1, 0.15) is 13.8 Å². The molecule has 0 spiro atoms. The van der Waals surface area contributed by atoms with Crippen molar-refractivity contribution in [1.82, 2.24) is 24.7 Å². The van der Waals surface area contributed by atoms with Crippen LogP contribution in [-0.2, 0) is 7.05 Å². The van der Waals surface area contributed by atoms with Gasteiger partial charge < -0.3 is 9.72 Å². The van der Waals surface area contributed by atoms with Crippen LogP contribution in [0, 0.1) is 5.82 Å². The summed E-state index contributed by atoms with van der Waals surface area (Å²) in [6.07, 6.45) is 3.20. The number of nitrogens with zero attached hydrogens (tertiary/aromatic N) is 4. The minimum Gasteiger partial charge on any atom is -0.493 e. The third-order valence-corrected chi connectivity index (χ3v) is 3.72. The average Bonchev–Trinajstić information content (AvgIpc) is 3.03. The van der Waals surface area contributed by atoms with Gasteiger partial charge in [0.05, 0.1) is 29.9 Å². The fourth-order valence-corrected chi connectivity index (χ4v) is 2.67. The summed E-state index contributed by atoms with van der Waals surface area (Å²) in [5, 5.41) is 4.72. The molecule has 0 bridgehead atoms. The van der Waals surface area contributed by atoms with Crippen LogP contribution in [0.15, 0.2) is 35.4 Å². The maximum Gasteiger partial charge on any atom is 0.248 e. The molecule has 0 aliphatic rings. The Morgan fingerprint density at radius 3 is 2.77 bits per heavy atom. The number of halogens is 1. The van der Waals surface area contributed by atoms with Crippen molar-refractivity contribution in [2.45, 2.75) is 13.8 Å². The van der Waals surface area contributed by atoms with Gasteiger partial charge >= 0.3 is 0 Å². The first-order valence-electron chi connectivity index (χ1n) is 8.13. The molecule has 1 aromatic carbocycles. The number of hydrogen-bond acceptors (Lipinski definition) is 5. The van der Waals surface area contributed by atoms with Crippen molar-refractivity contribution in [2.24, 2.45) is 7.05 Å². The van der Waals surface area contributed by atoms with Crippen LogP contribution in [0.2, 0.25) is 0 Å². The van der Waals surface area contributed by atoms with Gasteiger partial charge in [0.1, 0.15) is 5.52 Å². The number of aromatic amines is 1. The van der Waals surface area contributed by atoms with E-state index in [0.29, 0.717) is 27.8 Å². The molecule has 0 unspecified atom stereocenters. The Morgan fingerprint density at radius 2 is 2.04 bits per heavy atom. The van der Waals surface area contributed by atoms with Gasteiger partial charge in [0, 0.05) is 24.7 Å². The summed E-state index contributed by atoms with van der Waals surface area (Å²) >= 11 is 0. The lowest BCUT2D eigenvalue weighted by Crippen LogP contribution is -2.04. The molecule has 4 rings (SSSR count). The molecular formula is C18H18FN5O2. The first kappa shape index (κ1) is 17.5. The zero-order chi connectivity index (χ0) is 18.8. The second-order valence-corrected chi connectivity index (χ2v) is 5.33. The van der Waals surface area contributed by atoms with Gasteiger partial charge in [0.2, 0.25) is 5.56 Å². The van der Waals surface area contributed by atoms with Crippen molar-refractivity contribution in [3.63, 3.8) is 0 Å². The molecule has 1 N–H and O–H groups in total. The van der Waals surface area contributed by atoms with Gasteiger partial charge in [-0.1, -0.05) is 13.8 Å². The zero-order valence-electron chi connectivity index (χ0n) is 14.9. The molecule has 0 aliphatic heterocycles. The Labute approximate surface area is 148 Å². The maximum atomic E-state index is 14.7. The van der Waals surface area contributed by atoms with Crippen LogP contribution < -0.4 is 10.3 Å². The number of aromatic nitrogens is 5. The number of benzene rings is 1. The van der Waals surface area contributed by atoms with Crippen LogP contribution in [0.5, 0.6) is 5.75 Å². The number of H-pyrrole nitrogens is 1. The van der Waals surface area contributed by atoms with Crippen molar-refractivity contribution in [2.75, 3.05) is 7.11 Å². The van der Waals surface area contributed by atoms with Gasteiger partial charge in [-0.25, -0.2) is 14.4 Å².